The summed E-state index contributed by atoms with van der Waals surface area (Å²) in [7, 11) is 3.26. The summed E-state index contributed by atoms with van der Waals surface area (Å²) in [6.07, 6.45) is 3.64. The molecule has 0 radical (unpaired) electrons. The van der Waals surface area contributed by atoms with Crippen molar-refractivity contribution in [2.45, 2.75) is 13.5 Å². The van der Waals surface area contributed by atoms with Crippen LogP contribution in [-0.2, 0) is 6.54 Å². The molecule has 1 N–H and O–H groups in total. The van der Waals surface area contributed by atoms with E-state index < -0.39 is 0 Å². The molecule has 4 nitrogen and oxygen atoms in total. The first kappa shape index (κ1) is 14.7. The van der Waals surface area contributed by atoms with Gasteiger partial charge in [0.05, 0.1) is 19.9 Å². The SMILES string of the molecule is COc1cc(Br)c(CNc2cncc(C)c2)cc1OC. The second kappa shape index (κ2) is 6.61. The number of rotatable bonds is 5. The fourth-order valence-corrected chi connectivity index (χ4v) is 2.34. The minimum absolute atomic E-state index is 0.673. The molecule has 2 rings (SSSR count). The normalized spacial score (nSPS) is 10.2. The molecule has 0 atom stereocenters. The van der Waals surface area contributed by atoms with Gasteiger partial charge in [-0.1, -0.05) is 15.9 Å². The highest BCUT2D eigenvalue weighted by Crippen LogP contribution is 2.33. The van der Waals surface area contributed by atoms with Crippen LogP contribution in [0.3, 0.4) is 0 Å². The minimum Gasteiger partial charge on any atom is -0.493 e. The van der Waals surface area contributed by atoms with Gasteiger partial charge in [-0.05, 0) is 36.2 Å². The van der Waals surface area contributed by atoms with E-state index in [0.717, 1.165) is 27.0 Å². The molecule has 0 bridgehead atoms. The van der Waals surface area contributed by atoms with E-state index in [1.807, 2.05) is 31.5 Å². The highest BCUT2D eigenvalue weighted by Gasteiger charge is 2.09. The van der Waals surface area contributed by atoms with Crippen LogP contribution in [0.5, 0.6) is 11.5 Å². The minimum atomic E-state index is 0.673. The molecular formula is C15H17BrN2O2. The third-order valence-corrected chi connectivity index (χ3v) is 3.65. The first-order chi connectivity index (χ1) is 9.63. The van der Waals surface area contributed by atoms with E-state index in [0.29, 0.717) is 12.3 Å². The molecule has 2 aromatic rings. The van der Waals surface area contributed by atoms with E-state index in [1.165, 1.54) is 0 Å². The van der Waals surface area contributed by atoms with Crippen LogP contribution in [0.25, 0.3) is 0 Å². The zero-order chi connectivity index (χ0) is 14.5. The van der Waals surface area contributed by atoms with Crippen LogP contribution in [0.15, 0.2) is 35.1 Å². The monoisotopic (exact) mass is 336 g/mol. The van der Waals surface area contributed by atoms with E-state index in [4.69, 9.17) is 9.47 Å². The second-order valence-electron chi connectivity index (χ2n) is 4.40. The Bertz CT molecular complexity index is 602. The van der Waals surface area contributed by atoms with Gasteiger partial charge in [-0.15, -0.1) is 0 Å². The van der Waals surface area contributed by atoms with Crippen LogP contribution in [0.1, 0.15) is 11.1 Å². The topological polar surface area (TPSA) is 43.4 Å². The van der Waals surface area contributed by atoms with Crippen LogP contribution >= 0.6 is 15.9 Å². The Morgan fingerprint density at radius 1 is 1.10 bits per heavy atom. The third-order valence-electron chi connectivity index (χ3n) is 2.91. The maximum Gasteiger partial charge on any atom is 0.161 e. The highest BCUT2D eigenvalue weighted by molar-refractivity contribution is 9.10. The third kappa shape index (κ3) is 3.42. The maximum atomic E-state index is 5.32. The second-order valence-corrected chi connectivity index (χ2v) is 5.26. The number of aromatic nitrogens is 1. The lowest BCUT2D eigenvalue weighted by Gasteiger charge is -2.13. The molecule has 0 saturated heterocycles. The number of hydrogen-bond acceptors (Lipinski definition) is 4. The Labute approximate surface area is 127 Å². The zero-order valence-corrected chi connectivity index (χ0v) is 13.3. The number of nitrogens with zero attached hydrogens (tertiary/aromatic N) is 1. The summed E-state index contributed by atoms with van der Waals surface area (Å²) < 4.78 is 11.6. The molecule has 0 aliphatic carbocycles. The summed E-state index contributed by atoms with van der Waals surface area (Å²) in [6, 6.07) is 5.92. The molecule has 20 heavy (non-hydrogen) atoms. The first-order valence-electron chi connectivity index (χ1n) is 6.20. The predicted octanol–water partition coefficient (Wildman–Crippen LogP) is 3.78. The van der Waals surface area contributed by atoms with Crippen molar-refractivity contribution in [1.29, 1.82) is 0 Å². The van der Waals surface area contributed by atoms with Gasteiger partial charge in [0.2, 0.25) is 0 Å². The van der Waals surface area contributed by atoms with Crippen LogP contribution in [0, 0.1) is 6.92 Å². The lowest BCUT2D eigenvalue weighted by atomic mass is 10.2. The molecule has 0 aliphatic heterocycles. The summed E-state index contributed by atoms with van der Waals surface area (Å²) in [6.45, 7) is 2.69. The molecular weight excluding hydrogens is 320 g/mol. The summed E-state index contributed by atoms with van der Waals surface area (Å²) in [5.41, 5.74) is 3.21. The molecule has 0 unspecified atom stereocenters. The Balaban J connectivity index is 2.17. The summed E-state index contributed by atoms with van der Waals surface area (Å²) in [5.74, 6) is 1.43. The van der Waals surface area contributed by atoms with Gasteiger partial charge in [0, 0.05) is 23.4 Å². The molecule has 0 amide bonds. The van der Waals surface area contributed by atoms with E-state index in [-0.39, 0.29) is 0 Å². The van der Waals surface area contributed by atoms with Crippen LogP contribution in [0.2, 0.25) is 0 Å². The van der Waals surface area contributed by atoms with Crippen molar-refractivity contribution >= 4 is 21.6 Å². The predicted molar refractivity (Wildman–Crippen MR) is 83.5 cm³/mol. The molecule has 0 saturated carbocycles. The van der Waals surface area contributed by atoms with Gasteiger partial charge in [-0.3, -0.25) is 4.98 Å². The van der Waals surface area contributed by atoms with Gasteiger partial charge in [-0.25, -0.2) is 0 Å². The number of methoxy groups -OCH3 is 2. The lowest BCUT2D eigenvalue weighted by molar-refractivity contribution is 0.354. The van der Waals surface area contributed by atoms with Crippen molar-refractivity contribution in [3.8, 4) is 11.5 Å². The van der Waals surface area contributed by atoms with Crippen LogP contribution < -0.4 is 14.8 Å². The number of hydrogen-bond donors (Lipinski definition) is 1. The molecule has 5 heteroatoms. The Morgan fingerprint density at radius 3 is 2.45 bits per heavy atom. The van der Waals surface area contributed by atoms with Gasteiger partial charge in [0.25, 0.3) is 0 Å². The molecule has 0 aliphatic rings. The zero-order valence-electron chi connectivity index (χ0n) is 11.7. The van der Waals surface area contributed by atoms with Crippen molar-refractivity contribution in [2.75, 3.05) is 19.5 Å². The van der Waals surface area contributed by atoms with E-state index in [9.17, 15) is 0 Å². The van der Waals surface area contributed by atoms with E-state index >= 15 is 0 Å². The van der Waals surface area contributed by atoms with Crippen molar-refractivity contribution in [3.63, 3.8) is 0 Å². The average molecular weight is 337 g/mol. The Morgan fingerprint density at radius 2 is 1.80 bits per heavy atom. The van der Waals surface area contributed by atoms with Crippen molar-refractivity contribution in [2.24, 2.45) is 0 Å². The number of ether oxygens (including phenoxy) is 2. The maximum absolute atomic E-state index is 5.32. The number of benzene rings is 1. The Hall–Kier alpha value is -1.75. The first-order valence-corrected chi connectivity index (χ1v) is 6.99. The standard InChI is InChI=1S/C15H17BrN2O2/c1-10-4-12(9-17-7-10)18-8-11-5-14(19-2)15(20-3)6-13(11)16/h4-7,9,18H,8H2,1-3H3. The van der Waals surface area contributed by atoms with E-state index in [1.54, 1.807) is 14.2 Å². The van der Waals surface area contributed by atoms with Gasteiger partial charge < -0.3 is 14.8 Å². The number of anilines is 1. The molecule has 1 aromatic heterocycles. The number of nitrogens with one attached hydrogen (secondary N) is 1. The van der Waals surface area contributed by atoms with Crippen LogP contribution in [0.4, 0.5) is 5.69 Å². The van der Waals surface area contributed by atoms with Crippen molar-refractivity contribution in [1.82, 2.24) is 4.98 Å². The number of aryl methyl sites for hydroxylation is 1. The summed E-state index contributed by atoms with van der Waals surface area (Å²) in [5, 5.41) is 3.34. The molecule has 0 spiro atoms. The smallest absolute Gasteiger partial charge is 0.161 e. The highest BCUT2D eigenvalue weighted by atomic mass is 79.9. The number of pyridine rings is 1. The van der Waals surface area contributed by atoms with Gasteiger partial charge in [-0.2, -0.15) is 0 Å². The van der Waals surface area contributed by atoms with Crippen LogP contribution in [-0.4, -0.2) is 19.2 Å². The number of halogens is 1. The van der Waals surface area contributed by atoms with Gasteiger partial charge >= 0.3 is 0 Å². The average Bonchev–Trinajstić information content (AvgIpc) is 2.45. The lowest BCUT2D eigenvalue weighted by Crippen LogP contribution is -2.02. The largest absolute Gasteiger partial charge is 0.493 e. The molecule has 0 fully saturated rings. The quantitative estimate of drug-likeness (QED) is 0.902. The molecule has 1 heterocycles. The van der Waals surface area contributed by atoms with Crippen molar-refractivity contribution in [3.05, 3.63) is 46.2 Å². The Kier molecular flexibility index (Phi) is 4.84. The molecule has 106 valence electrons. The van der Waals surface area contributed by atoms with E-state index in [2.05, 4.69) is 32.3 Å². The summed E-state index contributed by atoms with van der Waals surface area (Å²) >= 11 is 3.55. The van der Waals surface area contributed by atoms with Crippen molar-refractivity contribution < 1.29 is 9.47 Å². The fraction of sp³-hybridized carbons (Fsp3) is 0.267. The molecule has 1 aromatic carbocycles. The van der Waals surface area contributed by atoms with Gasteiger partial charge in [0.1, 0.15) is 0 Å². The van der Waals surface area contributed by atoms with Gasteiger partial charge in [0.15, 0.2) is 11.5 Å². The fourth-order valence-electron chi connectivity index (χ4n) is 1.88. The summed E-state index contributed by atoms with van der Waals surface area (Å²) in [4.78, 5) is 4.16.